The second kappa shape index (κ2) is 5.40. The first kappa shape index (κ1) is 13.5. The number of ether oxygens (including phenoxy) is 1. The molecule has 19 heavy (non-hydrogen) atoms. The average Bonchev–Trinajstić information content (AvgIpc) is 2.79. The molecule has 0 amide bonds. The maximum atomic E-state index is 13.6. The van der Waals surface area contributed by atoms with Crippen LogP contribution >= 0.6 is 0 Å². The fraction of sp³-hybridized carbons (Fsp3) is 0.357. The summed E-state index contributed by atoms with van der Waals surface area (Å²) >= 11 is 0. The van der Waals surface area contributed by atoms with Gasteiger partial charge in [0.05, 0.1) is 18.5 Å². The fourth-order valence-electron chi connectivity index (χ4n) is 2.00. The Balaban J connectivity index is 2.35. The molecule has 1 aromatic carbocycles. The maximum absolute atomic E-state index is 13.6. The standard InChI is InChI=1S/C14H17FN2O2/c1-4-10-8-12(17(2)16-10)14(18)9-5-6-13(19-3)11(15)7-9/h5-8,14,18H,4H2,1-3H3. The van der Waals surface area contributed by atoms with E-state index in [4.69, 9.17) is 4.74 Å². The van der Waals surface area contributed by atoms with Crippen molar-refractivity contribution in [2.45, 2.75) is 19.4 Å². The van der Waals surface area contributed by atoms with Crippen LogP contribution in [-0.2, 0) is 13.5 Å². The predicted molar refractivity (Wildman–Crippen MR) is 69.6 cm³/mol. The van der Waals surface area contributed by atoms with E-state index < -0.39 is 11.9 Å². The van der Waals surface area contributed by atoms with E-state index in [9.17, 15) is 9.50 Å². The second-order valence-electron chi connectivity index (χ2n) is 4.33. The van der Waals surface area contributed by atoms with Gasteiger partial charge in [-0.15, -0.1) is 0 Å². The summed E-state index contributed by atoms with van der Waals surface area (Å²) in [5.74, 6) is -0.327. The van der Waals surface area contributed by atoms with Gasteiger partial charge < -0.3 is 9.84 Å². The van der Waals surface area contributed by atoms with E-state index in [-0.39, 0.29) is 5.75 Å². The second-order valence-corrected chi connectivity index (χ2v) is 4.33. The number of hydrogen-bond acceptors (Lipinski definition) is 3. The average molecular weight is 264 g/mol. The quantitative estimate of drug-likeness (QED) is 0.921. The van der Waals surface area contributed by atoms with E-state index in [1.165, 1.54) is 19.2 Å². The molecule has 1 aromatic heterocycles. The third kappa shape index (κ3) is 2.61. The highest BCUT2D eigenvalue weighted by molar-refractivity contribution is 5.34. The van der Waals surface area contributed by atoms with Gasteiger partial charge in [-0.25, -0.2) is 4.39 Å². The van der Waals surface area contributed by atoms with Crippen molar-refractivity contribution in [3.8, 4) is 5.75 Å². The number of aryl methyl sites for hydroxylation is 2. The van der Waals surface area contributed by atoms with Crippen LogP contribution in [0.4, 0.5) is 4.39 Å². The summed E-state index contributed by atoms with van der Waals surface area (Å²) in [7, 11) is 3.17. The molecule has 1 atom stereocenters. The van der Waals surface area contributed by atoms with Crippen molar-refractivity contribution < 1.29 is 14.2 Å². The van der Waals surface area contributed by atoms with Crippen LogP contribution in [0.25, 0.3) is 0 Å². The number of aliphatic hydroxyl groups is 1. The molecule has 5 heteroatoms. The summed E-state index contributed by atoms with van der Waals surface area (Å²) in [4.78, 5) is 0. The maximum Gasteiger partial charge on any atom is 0.165 e. The number of nitrogens with zero attached hydrogens (tertiary/aromatic N) is 2. The third-order valence-corrected chi connectivity index (χ3v) is 3.10. The Labute approximate surface area is 111 Å². The topological polar surface area (TPSA) is 47.3 Å². The van der Waals surface area contributed by atoms with E-state index in [0.717, 1.165) is 12.1 Å². The summed E-state index contributed by atoms with van der Waals surface area (Å²) in [5, 5.41) is 14.6. The first-order valence-electron chi connectivity index (χ1n) is 6.11. The summed E-state index contributed by atoms with van der Waals surface area (Å²) in [6, 6.07) is 6.26. The molecule has 0 bridgehead atoms. The van der Waals surface area contributed by atoms with Crippen molar-refractivity contribution in [2.24, 2.45) is 7.05 Å². The molecule has 0 radical (unpaired) electrons. The molecule has 4 nitrogen and oxygen atoms in total. The largest absolute Gasteiger partial charge is 0.494 e. The smallest absolute Gasteiger partial charge is 0.165 e. The molecule has 0 aliphatic rings. The van der Waals surface area contributed by atoms with Crippen LogP contribution in [0.15, 0.2) is 24.3 Å². The summed E-state index contributed by atoms with van der Waals surface area (Å²) < 4.78 is 20.1. The minimum Gasteiger partial charge on any atom is -0.494 e. The number of methoxy groups -OCH3 is 1. The molecule has 102 valence electrons. The van der Waals surface area contributed by atoms with Gasteiger partial charge in [-0.05, 0) is 30.2 Å². The normalized spacial score (nSPS) is 12.5. The Morgan fingerprint density at radius 3 is 2.68 bits per heavy atom. The molecule has 1 N–H and O–H groups in total. The van der Waals surface area contributed by atoms with Gasteiger partial charge in [0.25, 0.3) is 0 Å². The fourth-order valence-corrected chi connectivity index (χ4v) is 2.00. The Morgan fingerprint density at radius 1 is 1.42 bits per heavy atom. The summed E-state index contributed by atoms with van der Waals surface area (Å²) in [6.07, 6.45) is -0.115. The number of halogens is 1. The molecule has 1 heterocycles. The molecule has 2 rings (SSSR count). The molecule has 2 aromatic rings. The number of benzene rings is 1. The minimum absolute atomic E-state index is 0.162. The van der Waals surface area contributed by atoms with Crippen LogP contribution in [0.3, 0.4) is 0 Å². The molecule has 0 saturated heterocycles. The number of aliphatic hydroxyl groups excluding tert-OH is 1. The molecular formula is C14H17FN2O2. The summed E-state index contributed by atoms with van der Waals surface area (Å²) in [5.41, 5.74) is 2.01. The van der Waals surface area contributed by atoms with Crippen LogP contribution in [-0.4, -0.2) is 22.0 Å². The highest BCUT2D eigenvalue weighted by Gasteiger charge is 2.17. The molecule has 0 spiro atoms. The highest BCUT2D eigenvalue weighted by Crippen LogP contribution is 2.26. The van der Waals surface area contributed by atoms with Crippen molar-refractivity contribution in [1.82, 2.24) is 9.78 Å². The number of aromatic nitrogens is 2. The van der Waals surface area contributed by atoms with Gasteiger partial charge in [-0.2, -0.15) is 5.10 Å². The van der Waals surface area contributed by atoms with Crippen LogP contribution in [0, 0.1) is 5.82 Å². The molecular weight excluding hydrogens is 247 g/mol. The van der Waals surface area contributed by atoms with E-state index in [1.54, 1.807) is 17.8 Å². The monoisotopic (exact) mass is 264 g/mol. The van der Waals surface area contributed by atoms with E-state index in [0.29, 0.717) is 11.3 Å². The predicted octanol–water partition coefficient (Wildman–Crippen LogP) is 2.21. The lowest BCUT2D eigenvalue weighted by atomic mass is 10.1. The van der Waals surface area contributed by atoms with Crippen LogP contribution < -0.4 is 4.74 Å². The first-order chi connectivity index (χ1) is 9.06. The van der Waals surface area contributed by atoms with Crippen LogP contribution in [0.5, 0.6) is 5.75 Å². The van der Waals surface area contributed by atoms with E-state index >= 15 is 0 Å². The van der Waals surface area contributed by atoms with Gasteiger partial charge in [0.2, 0.25) is 0 Å². The SMILES string of the molecule is CCc1cc(C(O)c2ccc(OC)c(F)c2)n(C)n1. The van der Waals surface area contributed by atoms with Gasteiger partial charge in [0, 0.05) is 7.05 Å². The zero-order chi connectivity index (χ0) is 14.0. The molecule has 0 aliphatic carbocycles. The third-order valence-electron chi connectivity index (χ3n) is 3.10. The lowest BCUT2D eigenvalue weighted by Gasteiger charge is -2.12. The number of hydrogen-bond donors (Lipinski definition) is 1. The van der Waals surface area contributed by atoms with E-state index in [2.05, 4.69) is 5.10 Å². The van der Waals surface area contributed by atoms with Gasteiger partial charge in [-0.1, -0.05) is 13.0 Å². The number of rotatable bonds is 4. The highest BCUT2D eigenvalue weighted by atomic mass is 19.1. The van der Waals surface area contributed by atoms with Crippen molar-refractivity contribution in [1.29, 1.82) is 0 Å². The van der Waals surface area contributed by atoms with Gasteiger partial charge in [0.15, 0.2) is 11.6 Å². The van der Waals surface area contributed by atoms with Crippen molar-refractivity contribution in [2.75, 3.05) is 7.11 Å². The van der Waals surface area contributed by atoms with Crippen molar-refractivity contribution in [3.63, 3.8) is 0 Å². The van der Waals surface area contributed by atoms with Crippen LogP contribution in [0.2, 0.25) is 0 Å². The lowest BCUT2D eigenvalue weighted by molar-refractivity contribution is 0.209. The Kier molecular flexibility index (Phi) is 3.85. The van der Waals surface area contributed by atoms with Gasteiger partial charge in [0.1, 0.15) is 6.10 Å². The zero-order valence-electron chi connectivity index (χ0n) is 11.2. The van der Waals surface area contributed by atoms with Crippen LogP contribution in [0.1, 0.15) is 30.0 Å². The first-order valence-corrected chi connectivity index (χ1v) is 6.11. The molecule has 1 unspecified atom stereocenters. The Bertz CT molecular complexity index is 581. The van der Waals surface area contributed by atoms with Gasteiger partial charge >= 0.3 is 0 Å². The van der Waals surface area contributed by atoms with Gasteiger partial charge in [-0.3, -0.25) is 4.68 Å². The zero-order valence-corrected chi connectivity index (χ0v) is 11.2. The molecule has 0 saturated carbocycles. The minimum atomic E-state index is -0.904. The molecule has 0 fully saturated rings. The Hall–Kier alpha value is -1.88. The van der Waals surface area contributed by atoms with Crippen molar-refractivity contribution >= 4 is 0 Å². The van der Waals surface area contributed by atoms with E-state index in [1.807, 2.05) is 13.0 Å². The van der Waals surface area contributed by atoms with Crippen molar-refractivity contribution in [3.05, 3.63) is 47.0 Å². The molecule has 0 aliphatic heterocycles. The Morgan fingerprint density at radius 2 is 2.16 bits per heavy atom. The lowest BCUT2D eigenvalue weighted by Crippen LogP contribution is -2.07. The summed E-state index contributed by atoms with van der Waals surface area (Å²) in [6.45, 7) is 1.99.